The van der Waals surface area contributed by atoms with E-state index in [9.17, 15) is 13.2 Å². The molecule has 0 saturated carbocycles. The quantitative estimate of drug-likeness (QED) is 0.715. The predicted octanol–water partition coefficient (Wildman–Crippen LogP) is 2.97. The lowest BCUT2D eigenvalue weighted by Crippen LogP contribution is -2.22. The summed E-state index contributed by atoms with van der Waals surface area (Å²) in [4.78, 5) is 10.0. The van der Waals surface area contributed by atoms with E-state index < -0.39 is 19.5 Å². The summed E-state index contributed by atoms with van der Waals surface area (Å²) in [6.07, 6.45) is 13.7. The molecule has 0 spiro atoms. The van der Waals surface area contributed by atoms with E-state index in [1.807, 2.05) is 0 Å². The van der Waals surface area contributed by atoms with Crippen molar-refractivity contribution in [2.24, 2.45) is 4.36 Å². The molecule has 2 heterocycles. The molecule has 0 radical (unpaired) electrons. The molecule has 0 amide bonds. The van der Waals surface area contributed by atoms with Gasteiger partial charge in [0.15, 0.2) is 0 Å². The molecule has 2 saturated heterocycles. The minimum Gasteiger partial charge on any atom is -0.376 e. The highest BCUT2D eigenvalue weighted by molar-refractivity contribution is 7.92. The van der Waals surface area contributed by atoms with Crippen LogP contribution < -0.4 is 0 Å². The third-order valence-electron chi connectivity index (χ3n) is 3.23. The van der Waals surface area contributed by atoms with E-state index in [2.05, 4.69) is 4.36 Å². The summed E-state index contributed by atoms with van der Waals surface area (Å²) in [5, 5.41) is 0. The van der Waals surface area contributed by atoms with Crippen molar-refractivity contribution < 1.29 is 22.7 Å². The van der Waals surface area contributed by atoms with Gasteiger partial charge >= 0.3 is 0 Å². The number of nitrogens with one attached hydrogen (secondary N) is 1. The summed E-state index contributed by atoms with van der Waals surface area (Å²) >= 11 is 0. The van der Waals surface area contributed by atoms with Crippen molar-refractivity contribution in [1.29, 1.82) is 4.78 Å². The predicted molar refractivity (Wildman–Crippen MR) is 110 cm³/mol. The fourth-order valence-corrected chi connectivity index (χ4v) is 2.61. The molecule has 2 aliphatic heterocycles. The highest BCUT2D eigenvalue weighted by atomic mass is 32.2. The number of rotatable bonds is 3. The second kappa shape index (κ2) is 14.5. The van der Waals surface area contributed by atoms with E-state index in [-0.39, 0.29) is 19.6 Å². The number of ether oxygens (including phenoxy) is 2. The topological polar surface area (TPSA) is 106 Å². The van der Waals surface area contributed by atoms with Crippen molar-refractivity contribution in [3.63, 3.8) is 0 Å². The maximum absolute atomic E-state index is 11.2. The second-order valence-electron chi connectivity index (χ2n) is 6.76. The number of carbonyl (C=O) groups is 1. The van der Waals surface area contributed by atoms with Gasteiger partial charge in [0.1, 0.15) is 12.4 Å². The largest absolute Gasteiger partial charge is 0.376 e. The second-order valence-corrected chi connectivity index (χ2v) is 11.8. The Morgan fingerprint density at radius 3 is 1.81 bits per heavy atom. The molecule has 26 heavy (non-hydrogen) atoms. The normalized spacial score (nSPS) is 23.1. The van der Waals surface area contributed by atoms with Gasteiger partial charge < -0.3 is 14.3 Å². The maximum atomic E-state index is 11.2. The molecule has 2 rings (SSSR count). The first-order valence-electron chi connectivity index (χ1n) is 8.51. The number of carbonyl (C=O) groups excluding carboxylic acids is 1. The highest BCUT2D eigenvalue weighted by Gasteiger charge is 2.13. The molecule has 2 aliphatic rings. The van der Waals surface area contributed by atoms with E-state index >= 15 is 0 Å². The Kier molecular flexibility index (Phi) is 15.5. The number of aldehydes is 1. The number of hydrogen-bond acceptors (Lipinski definition) is 7. The third kappa shape index (κ3) is 21.5. The van der Waals surface area contributed by atoms with Crippen LogP contribution in [0, 0.1) is 4.78 Å². The van der Waals surface area contributed by atoms with E-state index in [1.165, 1.54) is 18.9 Å². The SMILES string of the molecule is C.CS(C)(=N)=O.CS(C)(=O)=NC[C@@H]1CCCCO1.O=C[C@@H]1CCCCO1. The lowest BCUT2D eigenvalue weighted by atomic mass is 10.1. The Labute approximate surface area is 160 Å². The molecule has 0 unspecified atom stereocenters. The molecule has 9 heteroatoms. The fourth-order valence-electron chi connectivity index (χ4n) is 2.09. The van der Waals surface area contributed by atoms with Crippen molar-refractivity contribution in [3.8, 4) is 0 Å². The molecule has 0 aromatic heterocycles. The molecule has 1 N–H and O–H groups in total. The van der Waals surface area contributed by atoms with E-state index in [0.717, 1.165) is 51.6 Å². The van der Waals surface area contributed by atoms with Crippen LogP contribution in [0.4, 0.5) is 0 Å². The molecule has 0 bridgehead atoms. The Morgan fingerprint density at radius 1 is 1.00 bits per heavy atom. The van der Waals surface area contributed by atoms with Gasteiger partial charge in [0.25, 0.3) is 0 Å². The zero-order chi connectivity index (χ0) is 19.3. The van der Waals surface area contributed by atoms with Crippen LogP contribution in [0.3, 0.4) is 0 Å². The lowest BCUT2D eigenvalue weighted by Gasteiger charge is -2.20. The number of nitrogens with zero attached hydrogens (tertiary/aromatic N) is 1. The average Bonchev–Trinajstić information content (AvgIpc) is 2.53. The van der Waals surface area contributed by atoms with Crippen LogP contribution in [0.15, 0.2) is 4.36 Å². The van der Waals surface area contributed by atoms with Crippen LogP contribution in [0.1, 0.15) is 46.0 Å². The number of hydrogen-bond donors (Lipinski definition) is 1. The van der Waals surface area contributed by atoms with Gasteiger partial charge in [-0.05, 0) is 38.5 Å². The van der Waals surface area contributed by atoms with Crippen LogP contribution >= 0.6 is 0 Å². The van der Waals surface area contributed by atoms with Gasteiger partial charge in [0, 0.05) is 57.7 Å². The molecule has 2 fully saturated rings. The zero-order valence-electron chi connectivity index (χ0n) is 15.9. The molecular formula is C17H38N2O5S2. The average molecular weight is 415 g/mol. The van der Waals surface area contributed by atoms with Crippen LogP contribution in [-0.4, -0.2) is 71.7 Å². The van der Waals surface area contributed by atoms with Gasteiger partial charge in [-0.15, -0.1) is 0 Å². The third-order valence-corrected chi connectivity index (χ3v) is 4.00. The van der Waals surface area contributed by atoms with Crippen LogP contribution in [0.25, 0.3) is 0 Å². The van der Waals surface area contributed by atoms with Crippen molar-refractivity contribution >= 4 is 25.7 Å². The smallest absolute Gasteiger partial charge is 0.148 e. The Balaban J connectivity index is 0. The zero-order valence-corrected chi connectivity index (χ0v) is 17.5. The molecule has 7 nitrogen and oxygen atoms in total. The summed E-state index contributed by atoms with van der Waals surface area (Å²) < 4.78 is 42.1. The molecule has 0 aromatic carbocycles. The summed E-state index contributed by atoms with van der Waals surface area (Å²) in [6, 6.07) is 0. The highest BCUT2D eigenvalue weighted by Crippen LogP contribution is 2.13. The van der Waals surface area contributed by atoms with Crippen molar-refractivity contribution in [1.82, 2.24) is 0 Å². The summed E-state index contributed by atoms with van der Waals surface area (Å²) in [7, 11) is -4.10. The molecule has 0 aromatic rings. The summed E-state index contributed by atoms with van der Waals surface area (Å²) in [5.41, 5.74) is 0. The summed E-state index contributed by atoms with van der Waals surface area (Å²) in [6.45, 7) is 2.21. The lowest BCUT2D eigenvalue weighted by molar-refractivity contribution is -0.120. The monoisotopic (exact) mass is 414 g/mol. The first-order chi connectivity index (χ1) is 11.5. The van der Waals surface area contributed by atoms with Gasteiger partial charge in [-0.1, -0.05) is 7.43 Å². The maximum Gasteiger partial charge on any atom is 0.148 e. The first-order valence-corrected chi connectivity index (χ1v) is 13.2. The van der Waals surface area contributed by atoms with E-state index in [4.69, 9.17) is 14.3 Å². The fraction of sp³-hybridized carbons (Fsp3) is 0.941. The Hall–Kier alpha value is -0.510. The van der Waals surface area contributed by atoms with Crippen LogP contribution in [0.2, 0.25) is 0 Å². The van der Waals surface area contributed by atoms with Crippen molar-refractivity contribution in [2.45, 2.75) is 58.2 Å². The standard InChI is InChI=1S/C8H17NO2S.C6H10O2.C2H7NOS.CH4/c1-12(2,10)9-7-8-5-3-4-6-11-8;7-5-6-3-1-2-4-8-6;1-5(2,3)4;/h8H,3-7H2,1-2H3;5-6H,1-4H2;3H,1-2H3;1H4/t8-;6-;;/m00../s1. The molecule has 2 atom stereocenters. The molecule has 158 valence electrons. The summed E-state index contributed by atoms with van der Waals surface area (Å²) in [5.74, 6) is 0. The first kappa shape index (κ1) is 27.7. The van der Waals surface area contributed by atoms with E-state index in [1.54, 1.807) is 12.5 Å². The van der Waals surface area contributed by atoms with Crippen LogP contribution in [0.5, 0.6) is 0 Å². The van der Waals surface area contributed by atoms with Gasteiger partial charge in [-0.25, -0.2) is 4.36 Å². The van der Waals surface area contributed by atoms with Crippen molar-refractivity contribution in [2.75, 3.05) is 44.8 Å². The minimum atomic E-state index is -2.17. The Morgan fingerprint density at radius 2 is 1.50 bits per heavy atom. The van der Waals surface area contributed by atoms with Crippen molar-refractivity contribution in [3.05, 3.63) is 0 Å². The van der Waals surface area contributed by atoms with Crippen LogP contribution in [-0.2, 0) is 33.7 Å². The van der Waals surface area contributed by atoms with Gasteiger partial charge in [-0.3, -0.25) is 13.2 Å². The van der Waals surface area contributed by atoms with E-state index in [0.29, 0.717) is 6.54 Å². The van der Waals surface area contributed by atoms with Gasteiger partial charge in [0.05, 0.1) is 12.6 Å². The van der Waals surface area contributed by atoms with Gasteiger partial charge in [-0.2, -0.15) is 0 Å². The molecular weight excluding hydrogens is 376 g/mol. The van der Waals surface area contributed by atoms with Gasteiger partial charge in [0.2, 0.25) is 0 Å². The minimum absolute atomic E-state index is 0. The Bertz CT molecular complexity index is 556. The molecule has 0 aliphatic carbocycles.